The van der Waals surface area contributed by atoms with Gasteiger partial charge in [-0.15, -0.1) is 0 Å². The molecule has 1 unspecified atom stereocenters. The lowest BCUT2D eigenvalue weighted by Crippen LogP contribution is -2.39. The fourth-order valence-corrected chi connectivity index (χ4v) is 3.56. The van der Waals surface area contributed by atoms with Crippen LogP contribution in [0.3, 0.4) is 0 Å². The lowest BCUT2D eigenvalue weighted by atomic mass is 9.98. The molecule has 3 rings (SSSR count). The van der Waals surface area contributed by atoms with Crippen molar-refractivity contribution in [2.45, 2.75) is 24.9 Å². The van der Waals surface area contributed by atoms with Crippen LogP contribution in [0.1, 0.15) is 34.0 Å². The zero-order valence-corrected chi connectivity index (χ0v) is 18.4. The van der Waals surface area contributed by atoms with Crippen molar-refractivity contribution in [3.63, 3.8) is 0 Å². The van der Waals surface area contributed by atoms with E-state index in [1.807, 2.05) is 0 Å². The monoisotopic (exact) mass is 521 g/mol. The highest BCUT2D eigenvalue weighted by Gasteiger charge is 2.37. The molecule has 2 aromatic carbocycles. The van der Waals surface area contributed by atoms with Crippen LogP contribution in [-0.2, 0) is 18.9 Å². The summed E-state index contributed by atoms with van der Waals surface area (Å²) in [5, 5.41) is 5.45. The first kappa shape index (κ1) is 25.6. The predicted octanol–water partition coefficient (Wildman–Crippen LogP) is 7.01. The van der Waals surface area contributed by atoms with Gasteiger partial charge in [0.1, 0.15) is 0 Å². The van der Waals surface area contributed by atoms with Crippen molar-refractivity contribution in [1.82, 2.24) is 15.6 Å². The second-order valence-electron chi connectivity index (χ2n) is 7.05. The van der Waals surface area contributed by atoms with Gasteiger partial charge in [-0.25, -0.2) is 4.79 Å². The number of pyridine rings is 1. The molecule has 0 fully saturated rings. The highest BCUT2D eigenvalue weighted by molar-refractivity contribution is 6.35. The van der Waals surface area contributed by atoms with Gasteiger partial charge in [0.25, 0.3) is 0 Å². The Labute approximate surface area is 199 Å². The van der Waals surface area contributed by atoms with E-state index in [1.54, 1.807) is 6.07 Å². The molecule has 0 aliphatic rings. The highest BCUT2D eigenvalue weighted by Crippen LogP contribution is 2.36. The molecule has 0 radical (unpaired) electrons. The van der Waals surface area contributed by atoms with Crippen LogP contribution in [0.5, 0.6) is 0 Å². The zero-order chi connectivity index (χ0) is 25.1. The van der Waals surface area contributed by atoms with Gasteiger partial charge in [-0.1, -0.05) is 41.4 Å². The van der Waals surface area contributed by atoms with Crippen LogP contribution in [0.2, 0.25) is 10.0 Å². The average Bonchev–Trinajstić information content (AvgIpc) is 2.76. The Kier molecular flexibility index (Phi) is 7.62. The largest absolute Gasteiger partial charge is 0.418 e. The molecule has 1 atom stereocenters. The highest BCUT2D eigenvalue weighted by atomic mass is 35.5. The van der Waals surface area contributed by atoms with Crippen molar-refractivity contribution in [2.24, 2.45) is 0 Å². The Morgan fingerprint density at radius 2 is 1.62 bits per heavy atom. The van der Waals surface area contributed by atoms with Crippen molar-refractivity contribution in [3.8, 4) is 0 Å². The molecule has 0 aliphatic heterocycles. The van der Waals surface area contributed by atoms with Gasteiger partial charge in [-0.05, 0) is 47.5 Å². The zero-order valence-electron chi connectivity index (χ0n) is 16.9. The molecule has 3 aromatic rings. The Bertz CT molecular complexity index is 1170. The van der Waals surface area contributed by atoms with Crippen molar-refractivity contribution in [2.75, 3.05) is 0 Å². The first-order valence-corrected chi connectivity index (χ1v) is 10.3. The van der Waals surface area contributed by atoms with Gasteiger partial charge < -0.3 is 10.6 Å². The summed E-state index contributed by atoms with van der Waals surface area (Å²) in [5.74, 6) is 0. The molecule has 12 heteroatoms. The van der Waals surface area contributed by atoms with Crippen molar-refractivity contribution in [1.29, 1.82) is 0 Å². The summed E-state index contributed by atoms with van der Waals surface area (Å²) < 4.78 is 79.6. The summed E-state index contributed by atoms with van der Waals surface area (Å²) in [5.41, 5.74) is -2.25. The van der Waals surface area contributed by atoms with Crippen LogP contribution in [-0.4, -0.2) is 11.0 Å². The van der Waals surface area contributed by atoms with E-state index >= 15 is 0 Å². The normalized spacial score (nSPS) is 12.8. The number of halogens is 8. The summed E-state index contributed by atoms with van der Waals surface area (Å²) in [4.78, 5) is 16.3. The third kappa shape index (κ3) is 6.32. The molecule has 0 bridgehead atoms. The van der Waals surface area contributed by atoms with Crippen LogP contribution in [0.25, 0.3) is 0 Å². The number of benzene rings is 2. The quantitative estimate of drug-likeness (QED) is 0.354. The smallest absolute Gasteiger partial charge is 0.334 e. The SMILES string of the molecule is O=C(NCc1ccc(Cl)cc1Cl)NC(c1ccc(C(F)(F)F)cc1)c1ncccc1C(F)(F)F. The Balaban J connectivity index is 1.92. The van der Waals surface area contributed by atoms with Crippen LogP contribution in [0.15, 0.2) is 60.8 Å². The number of hydrogen-bond donors (Lipinski definition) is 2. The predicted molar refractivity (Wildman–Crippen MR) is 114 cm³/mol. The fraction of sp³-hybridized carbons (Fsp3) is 0.182. The maximum atomic E-state index is 13.6. The number of nitrogens with one attached hydrogen (secondary N) is 2. The van der Waals surface area contributed by atoms with E-state index in [1.165, 1.54) is 12.1 Å². The molecule has 0 saturated heterocycles. The number of urea groups is 1. The Morgan fingerprint density at radius 3 is 2.21 bits per heavy atom. The minimum atomic E-state index is -4.82. The lowest BCUT2D eigenvalue weighted by Gasteiger charge is -2.23. The van der Waals surface area contributed by atoms with Crippen molar-refractivity contribution >= 4 is 29.2 Å². The number of rotatable bonds is 5. The fourth-order valence-electron chi connectivity index (χ4n) is 3.08. The molecule has 2 amide bonds. The Hall–Kier alpha value is -2.98. The molecule has 0 spiro atoms. The maximum absolute atomic E-state index is 13.6. The summed E-state index contributed by atoms with van der Waals surface area (Å²) in [6.07, 6.45) is -8.36. The van der Waals surface area contributed by atoms with E-state index in [4.69, 9.17) is 23.2 Å². The second-order valence-corrected chi connectivity index (χ2v) is 7.89. The molecule has 0 aliphatic carbocycles. The van der Waals surface area contributed by atoms with E-state index in [0.717, 1.165) is 30.5 Å². The molecular formula is C22H15Cl2F6N3O. The summed E-state index contributed by atoms with van der Waals surface area (Å²) >= 11 is 11.9. The minimum Gasteiger partial charge on any atom is -0.334 e. The topological polar surface area (TPSA) is 54.0 Å². The number of alkyl halides is 6. The number of nitrogens with zero attached hydrogens (tertiary/aromatic N) is 1. The molecule has 1 aromatic heterocycles. The van der Waals surface area contributed by atoms with E-state index in [2.05, 4.69) is 15.6 Å². The number of aromatic nitrogens is 1. The minimum absolute atomic E-state index is 0.0307. The summed E-state index contributed by atoms with van der Waals surface area (Å²) in [6, 6.07) is 7.39. The third-order valence-electron chi connectivity index (χ3n) is 4.72. The van der Waals surface area contributed by atoms with Gasteiger partial charge in [-0.3, -0.25) is 4.98 Å². The van der Waals surface area contributed by atoms with Crippen molar-refractivity contribution < 1.29 is 31.1 Å². The first-order valence-electron chi connectivity index (χ1n) is 9.54. The van der Waals surface area contributed by atoms with Crippen molar-refractivity contribution in [3.05, 3.63) is 98.8 Å². The average molecular weight is 522 g/mol. The van der Waals surface area contributed by atoms with E-state index in [-0.39, 0.29) is 17.1 Å². The molecule has 0 saturated carbocycles. The van der Waals surface area contributed by atoms with Crippen LogP contribution in [0.4, 0.5) is 31.1 Å². The number of hydrogen-bond acceptors (Lipinski definition) is 2. The number of amides is 2. The van der Waals surface area contributed by atoms with Gasteiger partial charge in [0.15, 0.2) is 0 Å². The van der Waals surface area contributed by atoms with E-state index in [9.17, 15) is 31.1 Å². The molecule has 180 valence electrons. The van der Waals surface area contributed by atoms with Crippen LogP contribution < -0.4 is 10.6 Å². The Morgan fingerprint density at radius 1 is 0.941 bits per heavy atom. The van der Waals surface area contributed by atoms with E-state index < -0.39 is 41.2 Å². The lowest BCUT2D eigenvalue weighted by molar-refractivity contribution is -0.139. The van der Waals surface area contributed by atoms with Gasteiger partial charge in [-0.2, -0.15) is 26.3 Å². The summed E-state index contributed by atoms with van der Waals surface area (Å²) in [7, 11) is 0. The van der Waals surface area contributed by atoms with Crippen LogP contribution in [0, 0.1) is 0 Å². The van der Waals surface area contributed by atoms with Gasteiger partial charge in [0.2, 0.25) is 0 Å². The molecule has 2 N–H and O–H groups in total. The number of carbonyl (C=O) groups is 1. The molecule has 34 heavy (non-hydrogen) atoms. The molecule has 1 heterocycles. The third-order valence-corrected chi connectivity index (χ3v) is 5.31. The van der Waals surface area contributed by atoms with Gasteiger partial charge >= 0.3 is 18.4 Å². The standard InChI is InChI=1S/C22H15Cl2F6N3O/c23-15-8-5-13(17(24)10-15)11-32-20(34)33-18(12-3-6-14(7-4-12)21(25,26)27)19-16(22(28,29)30)2-1-9-31-19/h1-10,18H,11H2,(H2,32,33,34). The van der Waals surface area contributed by atoms with E-state index in [0.29, 0.717) is 22.7 Å². The second kappa shape index (κ2) is 10.1. The van der Waals surface area contributed by atoms with Gasteiger partial charge in [0.05, 0.1) is 22.9 Å². The summed E-state index contributed by atoms with van der Waals surface area (Å²) in [6.45, 7) is -0.0874. The van der Waals surface area contributed by atoms with Gasteiger partial charge in [0, 0.05) is 22.8 Å². The first-order chi connectivity index (χ1) is 15.9. The molecular weight excluding hydrogens is 507 g/mol. The maximum Gasteiger partial charge on any atom is 0.418 e. The number of carbonyl (C=O) groups excluding carboxylic acids is 1. The molecule has 4 nitrogen and oxygen atoms in total. The van der Waals surface area contributed by atoms with Crippen LogP contribution >= 0.6 is 23.2 Å².